The molecule has 0 radical (unpaired) electrons. The minimum Gasteiger partial charge on any atom is -0.543 e. The lowest BCUT2D eigenvalue weighted by Crippen LogP contribution is -2.50. The summed E-state index contributed by atoms with van der Waals surface area (Å²) in [5, 5.41) is 0.930. The van der Waals surface area contributed by atoms with Gasteiger partial charge in [0.25, 0.3) is 8.32 Å². The van der Waals surface area contributed by atoms with Crippen LogP contribution in [0.15, 0.2) is 97.1 Å². The van der Waals surface area contributed by atoms with Gasteiger partial charge in [0.05, 0.1) is 0 Å². The summed E-state index contributed by atoms with van der Waals surface area (Å²) in [5.41, 5.74) is 4.91. The van der Waals surface area contributed by atoms with Gasteiger partial charge in [-0.15, -0.1) is 11.3 Å². The summed E-state index contributed by atoms with van der Waals surface area (Å²) in [5.74, 6) is 2.47. The number of carbonyl (C=O) groups excluding carboxylic acids is 1. The highest BCUT2D eigenvalue weighted by atomic mass is 32.1. The molecule has 1 aromatic heterocycles. The molecule has 0 unspecified atom stereocenters. The van der Waals surface area contributed by atoms with E-state index in [4.69, 9.17) is 13.9 Å². The molecule has 0 bridgehead atoms. The van der Waals surface area contributed by atoms with Crippen molar-refractivity contribution < 1.29 is 18.7 Å². The summed E-state index contributed by atoms with van der Waals surface area (Å²) >= 11 is 1.63. The first kappa shape index (κ1) is 35.9. The Balaban J connectivity index is 1.30. The highest BCUT2D eigenvalue weighted by molar-refractivity contribution is 7.22. The van der Waals surface area contributed by atoms with Crippen LogP contribution in [-0.2, 0) is 6.61 Å². The molecule has 5 aromatic rings. The molecule has 0 amide bonds. The molecule has 2 heterocycles. The highest BCUT2D eigenvalue weighted by Crippen LogP contribution is 2.45. The molecule has 0 spiro atoms. The van der Waals surface area contributed by atoms with Crippen LogP contribution in [0, 0.1) is 0 Å². The number of rotatable bonds is 15. The second-order valence-corrected chi connectivity index (χ2v) is 20.9. The lowest BCUT2D eigenvalue weighted by atomic mass is 9.97. The zero-order valence-electron chi connectivity index (χ0n) is 30.4. The van der Waals surface area contributed by atoms with Crippen LogP contribution in [0.2, 0.25) is 16.6 Å². The molecule has 6 rings (SSSR count). The fraction of sp³-hybridized carbons (Fsp3) is 0.372. The van der Waals surface area contributed by atoms with Crippen LogP contribution >= 0.6 is 11.3 Å². The van der Waals surface area contributed by atoms with Gasteiger partial charge in [0.1, 0.15) is 30.5 Å². The molecule has 0 atom stereocenters. The number of hydrogen-bond acceptors (Lipinski definition) is 6. The van der Waals surface area contributed by atoms with Crippen molar-refractivity contribution in [2.75, 3.05) is 26.2 Å². The van der Waals surface area contributed by atoms with E-state index < -0.39 is 8.32 Å². The van der Waals surface area contributed by atoms with Crippen LogP contribution in [0.4, 0.5) is 0 Å². The maximum Gasteiger partial charge on any atom is 0.258 e. The number of carbonyl (C=O) groups is 1. The molecule has 1 aliphatic heterocycles. The van der Waals surface area contributed by atoms with Crippen LogP contribution in [0.3, 0.4) is 0 Å². The minimum absolute atomic E-state index is 0.000931. The van der Waals surface area contributed by atoms with Gasteiger partial charge in [-0.25, -0.2) is 0 Å². The summed E-state index contributed by atoms with van der Waals surface area (Å²) < 4.78 is 20.2. The van der Waals surface area contributed by atoms with E-state index in [2.05, 4.69) is 88.9 Å². The van der Waals surface area contributed by atoms with E-state index in [-0.39, 0.29) is 5.78 Å². The van der Waals surface area contributed by atoms with Crippen molar-refractivity contribution in [2.45, 2.75) is 77.6 Å². The zero-order chi connectivity index (χ0) is 35.3. The van der Waals surface area contributed by atoms with E-state index in [9.17, 15) is 4.79 Å². The first-order chi connectivity index (χ1) is 24.2. The third kappa shape index (κ3) is 7.85. The molecule has 4 aromatic carbocycles. The quantitative estimate of drug-likeness (QED) is 0.0801. The number of hydrogen-bond donors (Lipinski definition) is 0. The van der Waals surface area contributed by atoms with Gasteiger partial charge in [0.2, 0.25) is 0 Å². The second kappa shape index (κ2) is 16.0. The van der Waals surface area contributed by atoms with Crippen molar-refractivity contribution in [1.82, 2.24) is 4.90 Å². The topological polar surface area (TPSA) is 48.0 Å². The van der Waals surface area contributed by atoms with Crippen molar-refractivity contribution >= 4 is 35.5 Å². The third-order valence-electron chi connectivity index (χ3n) is 10.2. The molecule has 1 fully saturated rings. The Morgan fingerprint density at radius 2 is 1.36 bits per heavy atom. The van der Waals surface area contributed by atoms with Crippen molar-refractivity contribution in [3.63, 3.8) is 0 Å². The lowest BCUT2D eigenvalue weighted by Gasteiger charge is -2.42. The largest absolute Gasteiger partial charge is 0.543 e. The van der Waals surface area contributed by atoms with E-state index in [1.807, 2.05) is 54.6 Å². The molecule has 0 aliphatic carbocycles. The van der Waals surface area contributed by atoms with Crippen molar-refractivity contribution in [3.05, 3.63) is 114 Å². The summed E-state index contributed by atoms with van der Waals surface area (Å²) in [7, 11) is -2.10. The van der Waals surface area contributed by atoms with E-state index in [1.54, 1.807) is 11.3 Å². The van der Waals surface area contributed by atoms with Crippen LogP contribution in [0.25, 0.3) is 20.5 Å². The third-order valence-corrected chi connectivity index (χ3v) is 17.5. The fourth-order valence-electron chi connectivity index (χ4n) is 7.71. The van der Waals surface area contributed by atoms with Crippen molar-refractivity contribution in [3.8, 4) is 27.7 Å². The Labute approximate surface area is 303 Å². The average molecular weight is 706 g/mol. The number of benzene rings is 4. The molecular formula is C43H51NO4SSi. The predicted molar refractivity (Wildman–Crippen MR) is 211 cm³/mol. The monoisotopic (exact) mass is 705 g/mol. The molecule has 5 nitrogen and oxygen atoms in total. The molecule has 50 heavy (non-hydrogen) atoms. The lowest BCUT2D eigenvalue weighted by molar-refractivity contribution is 0.104. The van der Waals surface area contributed by atoms with Crippen LogP contribution in [0.1, 0.15) is 75.9 Å². The highest BCUT2D eigenvalue weighted by Gasteiger charge is 2.47. The van der Waals surface area contributed by atoms with Crippen molar-refractivity contribution in [1.29, 1.82) is 0 Å². The van der Waals surface area contributed by atoms with E-state index in [1.165, 1.54) is 12.8 Å². The van der Waals surface area contributed by atoms with Crippen LogP contribution in [-0.4, -0.2) is 45.2 Å². The first-order valence-electron chi connectivity index (χ1n) is 18.2. The predicted octanol–water partition coefficient (Wildman–Crippen LogP) is 11.4. The second-order valence-electron chi connectivity index (χ2n) is 14.4. The number of thiophene rings is 1. The van der Waals surface area contributed by atoms with Gasteiger partial charge in [-0.05, 0) is 120 Å². The standard InChI is InChI=1S/C43H51NO4SSi/c1-30(2)50(31(3)4,32(5)6)48-37-20-16-35(17-21-37)43-41(39-23-22-38(28-40(39)49-43)47-29-33-12-8-7-9-13-33)42(45)34-14-18-36(19-15-34)46-27-26-44-24-10-11-25-44/h7-9,12-23,28,30-32H,10-11,24-27,29H2,1-6H3. The number of ether oxygens (including phenoxy) is 2. The smallest absolute Gasteiger partial charge is 0.258 e. The summed E-state index contributed by atoms with van der Waals surface area (Å²) in [4.78, 5) is 17.8. The van der Waals surface area contributed by atoms with E-state index >= 15 is 0 Å². The Morgan fingerprint density at radius 3 is 2.00 bits per heavy atom. The minimum atomic E-state index is -2.10. The maximum atomic E-state index is 14.4. The summed E-state index contributed by atoms with van der Waals surface area (Å²) in [6.45, 7) is 18.2. The van der Waals surface area contributed by atoms with E-state index in [0.29, 0.717) is 41.0 Å². The number of likely N-dealkylation sites (tertiary alicyclic amines) is 1. The molecular weight excluding hydrogens is 655 g/mol. The van der Waals surface area contributed by atoms with Gasteiger partial charge in [-0.1, -0.05) is 71.9 Å². The zero-order valence-corrected chi connectivity index (χ0v) is 32.2. The van der Waals surface area contributed by atoms with Crippen LogP contribution in [0.5, 0.6) is 17.2 Å². The Hall–Kier alpha value is -3.91. The molecule has 0 N–H and O–H groups in total. The molecule has 262 valence electrons. The number of nitrogens with zero attached hydrogens (tertiary/aromatic N) is 1. The molecule has 1 saturated heterocycles. The van der Waals surface area contributed by atoms with Gasteiger partial charge >= 0.3 is 0 Å². The Kier molecular flexibility index (Phi) is 11.5. The van der Waals surface area contributed by atoms with Gasteiger partial charge in [0, 0.05) is 32.6 Å². The number of ketones is 1. The fourth-order valence-corrected chi connectivity index (χ4v) is 14.2. The molecule has 7 heteroatoms. The molecule has 0 saturated carbocycles. The Bertz CT molecular complexity index is 1840. The summed E-state index contributed by atoms with van der Waals surface area (Å²) in [6.07, 6.45) is 2.54. The Morgan fingerprint density at radius 1 is 0.740 bits per heavy atom. The van der Waals surface area contributed by atoms with Gasteiger partial charge in [-0.2, -0.15) is 0 Å². The van der Waals surface area contributed by atoms with E-state index in [0.717, 1.165) is 63.0 Å². The normalized spacial score (nSPS) is 13.9. The molecule has 1 aliphatic rings. The summed E-state index contributed by atoms with van der Waals surface area (Å²) in [6, 6.07) is 32.3. The van der Waals surface area contributed by atoms with Crippen molar-refractivity contribution in [2.24, 2.45) is 0 Å². The van der Waals surface area contributed by atoms with Gasteiger partial charge in [-0.3, -0.25) is 9.69 Å². The maximum absolute atomic E-state index is 14.4. The average Bonchev–Trinajstić information content (AvgIpc) is 3.78. The first-order valence-corrected chi connectivity index (χ1v) is 21.1. The van der Waals surface area contributed by atoms with Gasteiger partial charge < -0.3 is 13.9 Å². The SMILES string of the molecule is CC(C)[Si](Oc1ccc(-c2sc3cc(OCc4ccccc4)ccc3c2C(=O)c2ccc(OCCN3CCCC3)cc2)cc1)(C(C)C)C(C)C. The number of fused-ring (bicyclic) bond motifs is 1. The van der Waals surface area contributed by atoms with Gasteiger partial charge in [0.15, 0.2) is 5.78 Å². The van der Waals surface area contributed by atoms with Crippen LogP contribution < -0.4 is 13.9 Å².